The summed E-state index contributed by atoms with van der Waals surface area (Å²) < 4.78 is 5.11. The molecule has 0 spiro atoms. The predicted octanol–water partition coefficient (Wildman–Crippen LogP) is 4.62. The number of hydrogen-bond acceptors (Lipinski definition) is 2. The molecular formula is C18H22Cl2IN3O. The van der Waals surface area contributed by atoms with Crippen LogP contribution in [0.3, 0.4) is 0 Å². The van der Waals surface area contributed by atoms with Crippen LogP contribution in [-0.4, -0.2) is 20.1 Å². The van der Waals surface area contributed by atoms with Crippen molar-refractivity contribution < 1.29 is 4.74 Å². The molecule has 0 aromatic heterocycles. The Morgan fingerprint density at radius 3 is 2.24 bits per heavy atom. The van der Waals surface area contributed by atoms with E-state index in [0.29, 0.717) is 35.7 Å². The molecule has 0 aliphatic rings. The van der Waals surface area contributed by atoms with E-state index in [-0.39, 0.29) is 24.0 Å². The van der Waals surface area contributed by atoms with Gasteiger partial charge in [0.05, 0.1) is 6.61 Å². The largest absolute Gasteiger partial charge is 0.380 e. The fraction of sp³-hybridized carbons (Fsp3) is 0.278. The molecule has 4 nitrogen and oxygen atoms in total. The number of nitrogens with zero attached hydrogens (tertiary/aromatic N) is 1. The predicted molar refractivity (Wildman–Crippen MR) is 116 cm³/mol. The first kappa shape index (κ1) is 22.0. The van der Waals surface area contributed by atoms with Crippen molar-refractivity contribution in [1.29, 1.82) is 0 Å². The number of halogens is 3. The van der Waals surface area contributed by atoms with Crippen LogP contribution in [0.2, 0.25) is 10.0 Å². The Morgan fingerprint density at radius 1 is 1.00 bits per heavy atom. The molecule has 0 aliphatic carbocycles. The van der Waals surface area contributed by atoms with Crippen LogP contribution in [0.1, 0.15) is 16.7 Å². The van der Waals surface area contributed by atoms with Crippen molar-refractivity contribution in [3.8, 4) is 0 Å². The van der Waals surface area contributed by atoms with Gasteiger partial charge in [0, 0.05) is 37.3 Å². The number of rotatable bonds is 6. The molecule has 136 valence electrons. The zero-order chi connectivity index (χ0) is 17.4. The third-order valence-electron chi connectivity index (χ3n) is 3.48. The Kier molecular flexibility index (Phi) is 10.2. The number of hydrogen-bond donors (Lipinski definition) is 2. The number of benzene rings is 2. The molecule has 0 saturated heterocycles. The van der Waals surface area contributed by atoms with Crippen LogP contribution in [0.5, 0.6) is 0 Å². The van der Waals surface area contributed by atoms with E-state index in [2.05, 4.69) is 39.9 Å². The molecule has 0 amide bonds. The highest BCUT2D eigenvalue weighted by molar-refractivity contribution is 14.0. The average Bonchev–Trinajstić information content (AvgIpc) is 2.58. The van der Waals surface area contributed by atoms with Crippen LogP contribution in [0.25, 0.3) is 0 Å². The maximum atomic E-state index is 6.17. The Balaban J connectivity index is 0.00000312. The van der Waals surface area contributed by atoms with Crippen molar-refractivity contribution in [2.75, 3.05) is 14.2 Å². The summed E-state index contributed by atoms with van der Waals surface area (Å²) in [5.74, 6) is 0.710. The molecule has 25 heavy (non-hydrogen) atoms. The van der Waals surface area contributed by atoms with E-state index in [1.54, 1.807) is 20.2 Å². The average molecular weight is 494 g/mol. The first-order valence-electron chi connectivity index (χ1n) is 7.57. The highest BCUT2D eigenvalue weighted by atomic mass is 127. The van der Waals surface area contributed by atoms with Gasteiger partial charge in [-0.1, -0.05) is 53.5 Å². The van der Waals surface area contributed by atoms with Crippen LogP contribution in [0, 0.1) is 0 Å². The lowest BCUT2D eigenvalue weighted by atomic mass is 10.1. The smallest absolute Gasteiger partial charge is 0.191 e. The third kappa shape index (κ3) is 7.40. The minimum atomic E-state index is 0. The number of aliphatic imine (C=N–C) groups is 1. The number of nitrogens with one attached hydrogen (secondary N) is 2. The molecule has 2 aromatic carbocycles. The summed E-state index contributed by atoms with van der Waals surface area (Å²) >= 11 is 12.1. The van der Waals surface area contributed by atoms with Crippen LogP contribution in [0.4, 0.5) is 0 Å². The zero-order valence-corrected chi connectivity index (χ0v) is 18.0. The van der Waals surface area contributed by atoms with Gasteiger partial charge in [-0.25, -0.2) is 0 Å². The van der Waals surface area contributed by atoms with Crippen LogP contribution >= 0.6 is 47.2 Å². The van der Waals surface area contributed by atoms with Gasteiger partial charge in [-0.3, -0.25) is 4.99 Å². The number of ether oxygens (including phenoxy) is 1. The lowest BCUT2D eigenvalue weighted by molar-refractivity contribution is 0.185. The second-order valence-corrected chi connectivity index (χ2v) is 6.11. The summed E-state index contributed by atoms with van der Waals surface area (Å²) in [5.41, 5.74) is 3.29. The maximum absolute atomic E-state index is 6.17. The molecule has 0 fully saturated rings. The van der Waals surface area contributed by atoms with E-state index in [0.717, 1.165) is 11.1 Å². The van der Waals surface area contributed by atoms with Crippen molar-refractivity contribution in [1.82, 2.24) is 10.6 Å². The molecule has 0 saturated carbocycles. The molecule has 0 heterocycles. The Morgan fingerprint density at radius 2 is 1.64 bits per heavy atom. The van der Waals surface area contributed by atoms with E-state index in [1.165, 1.54) is 5.56 Å². The molecule has 0 radical (unpaired) electrons. The number of methoxy groups -OCH3 is 1. The van der Waals surface area contributed by atoms with Crippen molar-refractivity contribution >= 4 is 53.1 Å². The van der Waals surface area contributed by atoms with Crippen molar-refractivity contribution in [3.63, 3.8) is 0 Å². The molecule has 2 rings (SSSR count). The summed E-state index contributed by atoms with van der Waals surface area (Å²) in [6.07, 6.45) is 0. The molecule has 7 heteroatoms. The van der Waals surface area contributed by atoms with Crippen LogP contribution in [0.15, 0.2) is 47.5 Å². The third-order valence-corrected chi connectivity index (χ3v) is 4.07. The summed E-state index contributed by atoms with van der Waals surface area (Å²) in [5, 5.41) is 7.78. The summed E-state index contributed by atoms with van der Waals surface area (Å²) in [6, 6.07) is 13.7. The molecule has 0 bridgehead atoms. The Labute approximate surface area is 176 Å². The normalized spacial score (nSPS) is 11.0. The van der Waals surface area contributed by atoms with Gasteiger partial charge in [-0.2, -0.15) is 0 Å². The first-order chi connectivity index (χ1) is 11.6. The summed E-state index contributed by atoms with van der Waals surface area (Å²) in [4.78, 5) is 4.22. The van der Waals surface area contributed by atoms with Gasteiger partial charge in [0.1, 0.15) is 0 Å². The maximum Gasteiger partial charge on any atom is 0.191 e. The van der Waals surface area contributed by atoms with Crippen LogP contribution in [-0.2, 0) is 24.4 Å². The highest BCUT2D eigenvalue weighted by Crippen LogP contribution is 2.20. The molecule has 2 aromatic rings. The van der Waals surface area contributed by atoms with Crippen molar-refractivity contribution in [3.05, 3.63) is 69.2 Å². The van der Waals surface area contributed by atoms with E-state index in [1.807, 2.05) is 12.1 Å². The molecular weight excluding hydrogens is 472 g/mol. The van der Waals surface area contributed by atoms with Gasteiger partial charge in [0.2, 0.25) is 0 Å². The zero-order valence-electron chi connectivity index (χ0n) is 14.2. The van der Waals surface area contributed by atoms with Gasteiger partial charge < -0.3 is 15.4 Å². The Hall–Kier alpha value is -1.02. The van der Waals surface area contributed by atoms with Gasteiger partial charge >= 0.3 is 0 Å². The molecule has 0 unspecified atom stereocenters. The SMILES string of the molecule is CN=C(NCc1ccc(COC)cc1)NCc1ccc(Cl)cc1Cl.I. The van der Waals surface area contributed by atoms with Gasteiger partial charge in [-0.15, -0.1) is 24.0 Å². The van der Waals surface area contributed by atoms with E-state index >= 15 is 0 Å². The fourth-order valence-corrected chi connectivity index (χ4v) is 2.65. The topological polar surface area (TPSA) is 45.7 Å². The molecule has 2 N–H and O–H groups in total. The standard InChI is InChI=1S/C18H21Cl2N3O.HI/c1-21-18(23-11-15-7-8-16(19)9-17(15)20)22-10-13-3-5-14(6-4-13)12-24-2;/h3-9H,10-12H2,1-2H3,(H2,21,22,23);1H. The summed E-state index contributed by atoms with van der Waals surface area (Å²) in [7, 11) is 3.43. The second kappa shape index (κ2) is 11.6. The summed E-state index contributed by atoms with van der Waals surface area (Å²) in [6.45, 7) is 1.88. The highest BCUT2D eigenvalue weighted by Gasteiger charge is 2.03. The lowest BCUT2D eigenvalue weighted by Gasteiger charge is -2.13. The lowest BCUT2D eigenvalue weighted by Crippen LogP contribution is -2.36. The quantitative estimate of drug-likeness (QED) is 0.350. The minimum absolute atomic E-state index is 0. The minimum Gasteiger partial charge on any atom is -0.380 e. The Bertz CT molecular complexity index is 693. The van der Waals surface area contributed by atoms with E-state index < -0.39 is 0 Å². The van der Waals surface area contributed by atoms with Gasteiger partial charge in [-0.05, 0) is 28.8 Å². The second-order valence-electron chi connectivity index (χ2n) is 5.26. The van der Waals surface area contributed by atoms with Crippen LogP contribution < -0.4 is 10.6 Å². The molecule has 0 atom stereocenters. The molecule has 0 aliphatic heterocycles. The van der Waals surface area contributed by atoms with Crippen molar-refractivity contribution in [2.45, 2.75) is 19.7 Å². The monoisotopic (exact) mass is 493 g/mol. The van der Waals surface area contributed by atoms with E-state index in [9.17, 15) is 0 Å². The van der Waals surface area contributed by atoms with Crippen molar-refractivity contribution in [2.24, 2.45) is 4.99 Å². The first-order valence-corrected chi connectivity index (χ1v) is 8.33. The number of guanidine groups is 1. The van der Waals surface area contributed by atoms with Gasteiger partial charge in [0.15, 0.2) is 5.96 Å². The van der Waals surface area contributed by atoms with E-state index in [4.69, 9.17) is 27.9 Å². The van der Waals surface area contributed by atoms with Gasteiger partial charge in [0.25, 0.3) is 0 Å². The fourth-order valence-electron chi connectivity index (χ4n) is 2.17.